The Labute approximate surface area is 183 Å². The van der Waals surface area contributed by atoms with Crippen molar-refractivity contribution in [2.24, 2.45) is 0 Å². The summed E-state index contributed by atoms with van der Waals surface area (Å²) in [7, 11) is 3.00. The Morgan fingerprint density at radius 2 is 1.68 bits per heavy atom. The second-order valence-electron chi connectivity index (χ2n) is 6.67. The van der Waals surface area contributed by atoms with Crippen LogP contribution in [0.2, 0.25) is 5.02 Å². The van der Waals surface area contributed by atoms with Gasteiger partial charge < -0.3 is 13.9 Å². The smallest absolute Gasteiger partial charge is 0.258 e. The molecule has 0 aliphatic carbocycles. The third-order valence-corrected chi connectivity index (χ3v) is 5.02. The Balaban J connectivity index is 1.84. The summed E-state index contributed by atoms with van der Waals surface area (Å²) in [5.41, 5.74) is 1.19. The van der Waals surface area contributed by atoms with Gasteiger partial charge in [-0.25, -0.2) is 0 Å². The average Bonchev–Trinajstić information content (AvgIpc) is 2.79. The molecule has 3 aromatic carbocycles. The molecule has 6 nitrogen and oxygen atoms in total. The topological polar surface area (TPSA) is 77.8 Å². The van der Waals surface area contributed by atoms with Gasteiger partial charge in [-0.2, -0.15) is 0 Å². The van der Waals surface area contributed by atoms with Crippen molar-refractivity contribution >= 4 is 34.4 Å². The minimum absolute atomic E-state index is 0.0470. The van der Waals surface area contributed by atoms with Gasteiger partial charge in [0.1, 0.15) is 5.58 Å². The van der Waals surface area contributed by atoms with E-state index in [-0.39, 0.29) is 16.9 Å². The summed E-state index contributed by atoms with van der Waals surface area (Å²) in [6.45, 7) is 0. The van der Waals surface area contributed by atoms with Gasteiger partial charge in [-0.1, -0.05) is 41.9 Å². The first-order chi connectivity index (χ1) is 15.0. The van der Waals surface area contributed by atoms with E-state index in [2.05, 4.69) is 5.32 Å². The molecule has 31 heavy (non-hydrogen) atoms. The molecule has 0 unspecified atom stereocenters. The van der Waals surface area contributed by atoms with Crippen molar-refractivity contribution in [3.8, 4) is 22.6 Å². The number of halogens is 1. The van der Waals surface area contributed by atoms with Gasteiger partial charge in [0.25, 0.3) is 5.91 Å². The molecule has 0 radical (unpaired) electrons. The molecule has 0 fully saturated rings. The van der Waals surface area contributed by atoms with E-state index in [1.165, 1.54) is 14.2 Å². The fourth-order valence-electron chi connectivity index (χ4n) is 3.28. The van der Waals surface area contributed by atoms with E-state index < -0.39 is 5.91 Å². The third kappa shape index (κ3) is 3.98. The van der Waals surface area contributed by atoms with Gasteiger partial charge in [0, 0.05) is 10.6 Å². The van der Waals surface area contributed by atoms with Crippen LogP contribution in [0.25, 0.3) is 22.1 Å². The predicted molar refractivity (Wildman–Crippen MR) is 120 cm³/mol. The SMILES string of the molecule is COc1ccc(C(=O)Nc2oc3ccc(Cl)cc3c(=O)c2-c2ccccc2)cc1OC. The van der Waals surface area contributed by atoms with Crippen molar-refractivity contribution < 1.29 is 18.7 Å². The number of anilines is 1. The van der Waals surface area contributed by atoms with E-state index in [9.17, 15) is 9.59 Å². The van der Waals surface area contributed by atoms with E-state index in [1.54, 1.807) is 60.7 Å². The number of rotatable bonds is 5. The van der Waals surface area contributed by atoms with Crippen molar-refractivity contribution in [2.45, 2.75) is 0 Å². The summed E-state index contributed by atoms with van der Waals surface area (Å²) in [5, 5.41) is 3.47. The zero-order chi connectivity index (χ0) is 22.0. The lowest BCUT2D eigenvalue weighted by Crippen LogP contribution is -2.16. The highest BCUT2D eigenvalue weighted by atomic mass is 35.5. The molecule has 4 rings (SSSR count). The number of nitrogens with one attached hydrogen (secondary N) is 1. The number of hydrogen-bond acceptors (Lipinski definition) is 5. The molecule has 0 saturated carbocycles. The van der Waals surface area contributed by atoms with Gasteiger partial charge in [-0.3, -0.25) is 14.9 Å². The van der Waals surface area contributed by atoms with Crippen LogP contribution in [0.3, 0.4) is 0 Å². The van der Waals surface area contributed by atoms with Crippen molar-refractivity contribution in [3.05, 3.63) is 87.5 Å². The first-order valence-corrected chi connectivity index (χ1v) is 9.74. The summed E-state index contributed by atoms with van der Waals surface area (Å²) in [6, 6.07) is 18.5. The Kier molecular flexibility index (Phi) is 5.64. The van der Waals surface area contributed by atoms with Gasteiger partial charge >= 0.3 is 0 Å². The molecule has 0 spiro atoms. The van der Waals surface area contributed by atoms with Crippen LogP contribution in [0.4, 0.5) is 5.88 Å². The number of carbonyl (C=O) groups is 1. The summed E-state index contributed by atoms with van der Waals surface area (Å²) < 4.78 is 16.4. The van der Waals surface area contributed by atoms with E-state index in [4.69, 9.17) is 25.5 Å². The number of benzene rings is 3. The van der Waals surface area contributed by atoms with Crippen LogP contribution in [0.1, 0.15) is 10.4 Å². The van der Waals surface area contributed by atoms with E-state index in [0.717, 1.165) is 0 Å². The average molecular weight is 436 g/mol. The summed E-state index contributed by atoms with van der Waals surface area (Å²) in [5.74, 6) is 0.492. The molecular formula is C24H18ClNO5. The quantitative estimate of drug-likeness (QED) is 0.455. The lowest BCUT2D eigenvalue weighted by molar-refractivity contribution is 0.102. The monoisotopic (exact) mass is 435 g/mol. The molecule has 0 aliphatic rings. The third-order valence-electron chi connectivity index (χ3n) is 4.79. The Hall–Kier alpha value is -3.77. The number of amides is 1. The fourth-order valence-corrected chi connectivity index (χ4v) is 3.45. The minimum Gasteiger partial charge on any atom is -0.493 e. The van der Waals surface area contributed by atoms with Crippen LogP contribution in [-0.2, 0) is 0 Å². The van der Waals surface area contributed by atoms with E-state index in [1.807, 2.05) is 6.07 Å². The largest absolute Gasteiger partial charge is 0.493 e. The van der Waals surface area contributed by atoms with Crippen LogP contribution in [0.5, 0.6) is 11.5 Å². The number of hydrogen-bond donors (Lipinski definition) is 1. The van der Waals surface area contributed by atoms with Crippen molar-refractivity contribution in [1.29, 1.82) is 0 Å². The Morgan fingerprint density at radius 3 is 2.39 bits per heavy atom. The Bertz CT molecular complexity index is 1330. The van der Waals surface area contributed by atoms with Crippen molar-refractivity contribution in [2.75, 3.05) is 19.5 Å². The first-order valence-electron chi connectivity index (χ1n) is 9.37. The maximum absolute atomic E-state index is 13.3. The second kappa shape index (κ2) is 8.53. The predicted octanol–water partition coefficient (Wildman–Crippen LogP) is 5.38. The minimum atomic E-state index is -0.463. The number of fused-ring (bicyclic) bond motifs is 1. The van der Waals surface area contributed by atoms with Crippen LogP contribution >= 0.6 is 11.6 Å². The summed E-state index contributed by atoms with van der Waals surface area (Å²) in [4.78, 5) is 26.3. The molecule has 0 saturated heterocycles. The molecule has 1 N–H and O–H groups in total. The lowest BCUT2D eigenvalue weighted by atomic mass is 10.0. The molecular weight excluding hydrogens is 418 g/mol. The molecule has 0 aliphatic heterocycles. The summed E-state index contributed by atoms with van der Waals surface area (Å²) in [6.07, 6.45) is 0. The zero-order valence-corrected chi connectivity index (χ0v) is 17.5. The molecule has 7 heteroatoms. The van der Waals surface area contributed by atoms with Crippen LogP contribution in [0, 0.1) is 0 Å². The number of ether oxygens (including phenoxy) is 2. The van der Waals surface area contributed by atoms with E-state index in [0.29, 0.717) is 38.6 Å². The Morgan fingerprint density at radius 1 is 0.935 bits per heavy atom. The number of carbonyl (C=O) groups excluding carboxylic acids is 1. The highest BCUT2D eigenvalue weighted by Crippen LogP contribution is 2.31. The van der Waals surface area contributed by atoms with Gasteiger partial charge in [-0.15, -0.1) is 0 Å². The van der Waals surface area contributed by atoms with Crippen LogP contribution < -0.4 is 20.2 Å². The molecule has 4 aromatic rings. The fraction of sp³-hybridized carbons (Fsp3) is 0.0833. The number of methoxy groups -OCH3 is 2. The zero-order valence-electron chi connectivity index (χ0n) is 16.8. The molecule has 0 atom stereocenters. The summed E-state index contributed by atoms with van der Waals surface area (Å²) >= 11 is 6.07. The molecule has 1 amide bonds. The standard InChI is InChI=1S/C24H18ClNO5/c1-29-19-10-8-15(12-20(19)30-2)23(28)26-24-21(14-6-4-3-5-7-14)22(27)17-13-16(25)9-11-18(17)31-24/h3-13H,1-2H3,(H,26,28). The molecule has 1 heterocycles. The normalized spacial score (nSPS) is 10.7. The first kappa shape index (κ1) is 20.5. The van der Waals surface area contributed by atoms with Gasteiger partial charge in [0.2, 0.25) is 11.3 Å². The van der Waals surface area contributed by atoms with Crippen LogP contribution in [0.15, 0.2) is 75.9 Å². The van der Waals surface area contributed by atoms with Gasteiger partial charge in [0.15, 0.2) is 11.5 Å². The molecule has 1 aromatic heterocycles. The molecule has 0 bridgehead atoms. The highest BCUT2D eigenvalue weighted by molar-refractivity contribution is 6.31. The van der Waals surface area contributed by atoms with Crippen molar-refractivity contribution in [3.63, 3.8) is 0 Å². The van der Waals surface area contributed by atoms with E-state index >= 15 is 0 Å². The lowest BCUT2D eigenvalue weighted by Gasteiger charge is -2.13. The highest BCUT2D eigenvalue weighted by Gasteiger charge is 2.20. The molecule has 156 valence electrons. The van der Waals surface area contributed by atoms with Crippen molar-refractivity contribution in [1.82, 2.24) is 0 Å². The maximum atomic E-state index is 13.3. The second-order valence-corrected chi connectivity index (χ2v) is 7.10. The van der Waals surface area contributed by atoms with Gasteiger partial charge in [0.05, 0.1) is 25.2 Å². The van der Waals surface area contributed by atoms with Crippen LogP contribution in [-0.4, -0.2) is 20.1 Å². The van der Waals surface area contributed by atoms with Gasteiger partial charge in [-0.05, 0) is 42.0 Å². The maximum Gasteiger partial charge on any atom is 0.258 e.